The number of carbonyl (C=O) groups excluding carboxylic acids is 1. The summed E-state index contributed by atoms with van der Waals surface area (Å²) >= 11 is 0. The highest BCUT2D eigenvalue weighted by atomic mass is 32.2. The summed E-state index contributed by atoms with van der Waals surface area (Å²) in [5.41, 5.74) is 3.86. The van der Waals surface area contributed by atoms with E-state index >= 15 is 0 Å². The highest BCUT2D eigenvalue weighted by molar-refractivity contribution is 7.89. The zero-order chi connectivity index (χ0) is 24.5. The van der Waals surface area contributed by atoms with Gasteiger partial charge in [0.05, 0.1) is 16.2 Å². The van der Waals surface area contributed by atoms with Crippen LogP contribution in [0.1, 0.15) is 46.8 Å². The summed E-state index contributed by atoms with van der Waals surface area (Å²) in [5, 5.41) is 3.92. The average molecular weight is 484 g/mol. The van der Waals surface area contributed by atoms with Crippen molar-refractivity contribution in [3.8, 4) is 5.75 Å². The number of hydrogen-bond acceptors (Lipinski definition) is 6. The molecule has 0 radical (unpaired) electrons. The van der Waals surface area contributed by atoms with Gasteiger partial charge in [-0.2, -0.15) is 4.31 Å². The molecule has 1 aliphatic rings. The number of ether oxygens (including phenoxy) is 1. The molecule has 0 unspecified atom stereocenters. The molecule has 1 aromatic heterocycles. The van der Waals surface area contributed by atoms with Gasteiger partial charge in [0.25, 0.3) is 5.91 Å². The zero-order valence-electron chi connectivity index (χ0n) is 19.9. The summed E-state index contributed by atoms with van der Waals surface area (Å²) in [5.74, 6) is 1.24. The third kappa shape index (κ3) is 4.45. The van der Waals surface area contributed by atoms with E-state index in [0.717, 1.165) is 28.3 Å². The Labute approximate surface area is 200 Å². The Hall–Kier alpha value is -3.17. The number of nitrogens with zero attached hydrogens (tertiary/aromatic N) is 3. The van der Waals surface area contributed by atoms with E-state index in [9.17, 15) is 13.2 Å². The van der Waals surface area contributed by atoms with Gasteiger partial charge in [-0.1, -0.05) is 19.0 Å². The van der Waals surface area contributed by atoms with Gasteiger partial charge in [0.2, 0.25) is 10.0 Å². The number of aryl methyl sites for hydroxylation is 2. The fourth-order valence-corrected chi connectivity index (χ4v) is 5.68. The second-order valence-electron chi connectivity index (χ2n) is 8.20. The van der Waals surface area contributed by atoms with E-state index in [2.05, 4.69) is 5.16 Å². The lowest BCUT2D eigenvalue weighted by molar-refractivity contribution is 0.0989. The van der Waals surface area contributed by atoms with Crippen molar-refractivity contribution in [1.82, 2.24) is 9.46 Å². The number of amides is 1. The number of carbonyl (C=O) groups is 1. The Kier molecular flexibility index (Phi) is 6.77. The number of rotatable bonds is 8. The van der Waals surface area contributed by atoms with E-state index in [1.807, 2.05) is 27.7 Å². The van der Waals surface area contributed by atoms with Gasteiger partial charge in [-0.15, -0.1) is 0 Å². The molecule has 180 valence electrons. The molecule has 0 N–H and O–H groups in total. The Morgan fingerprint density at radius 3 is 2.44 bits per heavy atom. The molecule has 2 heterocycles. The minimum absolute atomic E-state index is 0.129. The largest absolute Gasteiger partial charge is 0.489 e. The molecule has 4 rings (SSSR count). The van der Waals surface area contributed by atoms with E-state index in [-0.39, 0.29) is 10.8 Å². The van der Waals surface area contributed by atoms with E-state index < -0.39 is 10.0 Å². The Morgan fingerprint density at radius 1 is 1.12 bits per heavy atom. The molecule has 8 nitrogen and oxygen atoms in total. The van der Waals surface area contributed by atoms with Crippen molar-refractivity contribution in [2.45, 2.75) is 45.6 Å². The van der Waals surface area contributed by atoms with Crippen LogP contribution < -0.4 is 9.64 Å². The molecule has 0 spiro atoms. The quantitative estimate of drug-likeness (QED) is 0.479. The van der Waals surface area contributed by atoms with E-state index in [0.29, 0.717) is 44.0 Å². The monoisotopic (exact) mass is 483 g/mol. The standard InChI is InChI=1S/C25H29N3O5S/c1-5-27(6-2)34(30,31)22-11-12-24-20(15-22)13-14-28(24)25(29)19-7-9-21(10-8-19)32-16-23-17(3)26-33-18(23)4/h7-12,15H,5-6,13-14,16H2,1-4H3. The average Bonchev–Trinajstić information content (AvgIpc) is 3.40. The van der Waals surface area contributed by atoms with Crippen molar-refractivity contribution in [3.05, 3.63) is 70.6 Å². The number of fused-ring (bicyclic) bond motifs is 1. The lowest BCUT2D eigenvalue weighted by atomic mass is 10.1. The number of benzene rings is 2. The summed E-state index contributed by atoms with van der Waals surface area (Å²) in [7, 11) is -3.54. The van der Waals surface area contributed by atoms with Gasteiger partial charge in [0, 0.05) is 30.9 Å². The molecular weight excluding hydrogens is 454 g/mol. The van der Waals surface area contributed by atoms with E-state index in [4.69, 9.17) is 9.26 Å². The first-order chi connectivity index (χ1) is 16.3. The number of hydrogen-bond donors (Lipinski definition) is 0. The van der Waals surface area contributed by atoms with Crippen LogP contribution in [0.4, 0.5) is 5.69 Å². The molecule has 34 heavy (non-hydrogen) atoms. The Morgan fingerprint density at radius 2 is 1.82 bits per heavy atom. The summed E-state index contributed by atoms with van der Waals surface area (Å²) in [6.07, 6.45) is 0.612. The second kappa shape index (κ2) is 9.60. The summed E-state index contributed by atoms with van der Waals surface area (Å²) in [4.78, 5) is 15.1. The van der Waals surface area contributed by atoms with Crippen LogP contribution in [0.3, 0.4) is 0 Å². The smallest absolute Gasteiger partial charge is 0.258 e. The first-order valence-electron chi connectivity index (χ1n) is 11.4. The van der Waals surface area contributed by atoms with Crippen molar-refractivity contribution in [2.75, 3.05) is 24.5 Å². The molecular formula is C25H29N3O5S. The maximum Gasteiger partial charge on any atom is 0.258 e. The maximum absolute atomic E-state index is 13.2. The third-order valence-corrected chi connectivity index (χ3v) is 8.25. The van der Waals surface area contributed by atoms with Crippen molar-refractivity contribution >= 4 is 21.6 Å². The van der Waals surface area contributed by atoms with Crippen LogP contribution in [0, 0.1) is 13.8 Å². The summed E-state index contributed by atoms with van der Waals surface area (Å²) < 4.78 is 38.1. The van der Waals surface area contributed by atoms with Gasteiger partial charge >= 0.3 is 0 Å². The van der Waals surface area contributed by atoms with Crippen LogP contribution >= 0.6 is 0 Å². The molecule has 0 saturated heterocycles. The van der Waals surface area contributed by atoms with Gasteiger partial charge in [-0.05, 0) is 68.3 Å². The zero-order valence-corrected chi connectivity index (χ0v) is 20.7. The minimum Gasteiger partial charge on any atom is -0.489 e. The van der Waals surface area contributed by atoms with Gasteiger partial charge in [-0.3, -0.25) is 4.79 Å². The number of anilines is 1. The fourth-order valence-electron chi connectivity index (χ4n) is 4.18. The van der Waals surface area contributed by atoms with E-state index in [1.54, 1.807) is 47.4 Å². The van der Waals surface area contributed by atoms with Gasteiger partial charge in [0.15, 0.2) is 0 Å². The maximum atomic E-state index is 13.2. The molecule has 3 aromatic rings. The lowest BCUT2D eigenvalue weighted by Crippen LogP contribution is -2.30. The van der Waals surface area contributed by atoms with Crippen LogP contribution in [0.2, 0.25) is 0 Å². The van der Waals surface area contributed by atoms with Crippen molar-refractivity contribution in [1.29, 1.82) is 0 Å². The van der Waals surface area contributed by atoms with Crippen molar-refractivity contribution < 1.29 is 22.5 Å². The topological polar surface area (TPSA) is 93.0 Å². The summed E-state index contributed by atoms with van der Waals surface area (Å²) in [6.45, 7) is 9.03. The highest BCUT2D eigenvalue weighted by Gasteiger charge is 2.29. The van der Waals surface area contributed by atoms with Crippen molar-refractivity contribution in [2.24, 2.45) is 0 Å². The first kappa shape index (κ1) is 24.0. The van der Waals surface area contributed by atoms with Crippen LogP contribution in [0.5, 0.6) is 5.75 Å². The normalized spacial score (nSPS) is 13.4. The SMILES string of the molecule is CCN(CC)S(=O)(=O)c1ccc2c(c1)CCN2C(=O)c1ccc(OCc2c(C)noc2C)cc1. The van der Waals surface area contributed by atoms with E-state index in [1.165, 1.54) is 4.31 Å². The predicted octanol–water partition coefficient (Wildman–Crippen LogP) is 4.10. The lowest BCUT2D eigenvalue weighted by Gasteiger charge is -2.20. The molecule has 0 saturated carbocycles. The molecule has 1 amide bonds. The van der Waals surface area contributed by atoms with Gasteiger partial charge < -0.3 is 14.2 Å². The van der Waals surface area contributed by atoms with Crippen LogP contribution in [-0.2, 0) is 23.1 Å². The molecule has 1 aliphatic heterocycles. The molecule has 0 fully saturated rings. The van der Waals surface area contributed by atoms with Gasteiger partial charge in [0.1, 0.15) is 18.1 Å². The van der Waals surface area contributed by atoms with Crippen LogP contribution in [0.25, 0.3) is 0 Å². The molecule has 0 atom stereocenters. The number of aromatic nitrogens is 1. The molecule has 9 heteroatoms. The molecule has 0 aliphatic carbocycles. The van der Waals surface area contributed by atoms with Crippen molar-refractivity contribution in [3.63, 3.8) is 0 Å². The number of sulfonamides is 1. The molecule has 0 bridgehead atoms. The Bertz CT molecular complexity index is 1280. The van der Waals surface area contributed by atoms with Crippen LogP contribution in [0.15, 0.2) is 51.9 Å². The third-order valence-electron chi connectivity index (χ3n) is 6.20. The predicted molar refractivity (Wildman–Crippen MR) is 129 cm³/mol. The Balaban J connectivity index is 1.48. The van der Waals surface area contributed by atoms with Gasteiger partial charge in [-0.25, -0.2) is 8.42 Å². The summed E-state index contributed by atoms with van der Waals surface area (Å²) in [6, 6.07) is 12.0. The second-order valence-corrected chi connectivity index (χ2v) is 10.1. The van der Waals surface area contributed by atoms with Crippen LogP contribution in [-0.4, -0.2) is 43.4 Å². The minimum atomic E-state index is -3.54. The highest BCUT2D eigenvalue weighted by Crippen LogP contribution is 2.32. The fraction of sp³-hybridized carbons (Fsp3) is 0.360. The molecule has 2 aromatic carbocycles. The first-order valence-corrected chi connectivity index (χ1v) is 12.8.